The van der Waals surface area contributed by atoms with Crippen LogP contribution < -0.4 is 18.9 Å². The number of fused-ring (bicyclic) bond motifs is 8. The summed E-state index contributed by atoms with van der Waals surface area (Å²) in [4.78, 5) is 24.1. The summed E-state index contributed by atoms with van der Waals surface area (Å²) in [6.45, 7) is 18.8. The topological polar surface area (TPSA) is 130 Å². The molecule has 0 atom stereocenters. The van der Waals surface area contributed by atoms with Crippen LogP contribution in [0.4, 0.5) is 0 Å². The van der Waals surface area contributed by atoms with Crippen LogP contribution in [0.15, 0.2) is 73.8 Å². The number of aliphatic hydroxyl groups excluding tert-OH is 2. The van der Waals surface area contributed by atoms with Gasteiger partial charge in [0.05, 0.1) is 39.6 Å². The molecule has 0 saturated carbocycles. The van der Waals surface area contributed by atoms with E-state index in [4.69, 9.17) is 28.4 Å². The summed E-state index contributed by atoms with van der Waals surface area (Å²) < 4.78 is 38.8. The molecule has 4 aromatic carbocycles. The summed E-state index contributed by atoms with van der Waals surface area (Å²) in [6, 6.07) is 18.1. The summed E-state index contributed by atoms with van der Waals surface area (Å²) in [5.74, 6) is 2.58. The minimum Gasteiger partial charge on any atom is -0.493 e. The zero-order chi connectivity index (χ0) is 51.5. The monoisotopic (exact) mass is 989 g/mol. The van der Waals surface area contributed by atoms with Gasteiger partial charge in [0.1, 0.15) is 23.0 Å². The number of hydrogen-bond donors (Lipinski definition) is 2. The van der Waals surface area contributed by atoms with Crippen molar-refractivity contribution < 1.29 is 48.2 Å². The molecule has 2 N–H and O–H groups in total. The van der Waals surface area contributed by atoms with E-state index in [2.05, 4.69) is 89.4 Å². The number of ether oxygens (including phenoxy) is 6. The third kappa shape index (κ3) is 17.9. The number of esters is 2. The van der Waals surface area contributed by atoms with Gasteiger partial charge in [-0.15, -0.1) is 0 Å². The number of unbranched alkanes of at least 4 members (excludes halogenated alkanes) is 4. The van der Waals surface area contributed by atoms with Crippen molar-refractivity contribution in [3.8, 4) is 23.0 Å². The first-order valence-corrected chi connectivity index (χ1v) is 27.1. The molecule has 0 heterocycles. The van der Waals surface area contributed by atoms with Gasteiger partial charge in [0.2, 0.25) is 0 Å². The van der Waals surface area contributed by atoms with Crippen LogP contribution in [0, 0.1) is 0 Å². The molecule has 0 aromatic heterocycles. The van der Waals surface area contributed by atoms with Crippen LogP contribution in [0.25, 0.3) is 0 Å². The molecule has 0 spiro atoms. The molecule has 0 aliphatic heterocycles. The second-order valence-electron chi connectivity index (χ2n) is 19.1. The van der Waals surface area contributed by atoms with Gasteiger partial charge in [0.25, 0.3) is 0 Å². The van der Waals surface area contributed by atoms with Crippen molar-refractivity contribution >= 4 is 11.9 Å². The van der Waals surface area contributed by atoms with E-state index in [0.717, 1.165) is 141 Å². The number of aryl methyl sites for hydroxylation is 4. The first-order valence-electron chi connectivity index (χ1n) is 27.1. The molecule has 8 bridgehead atoms. The standard InChI is InChI=1S/C62H84O10/c1-7-13-27-69-59-49-33-45(21-17-25-63)34-50(59)42-54-38-48(24-20-32-68-58(66)12-6)40-56(62(54)72-30-16-10-4)44-52-36-46(22-18-26-64)35-51(60(52)70-28-14-8-2)43-55-39-47(23-19-31-67-57(65)11-5)37-53(41-49)61(55)71-29-15-9-3/h11-12,33-40,63-64H,5-10,13-32,41-44H2,1-4H3. The van der Waals surface area contributed by atoms with Gasteiger partial charge in [0.15, 0.2) is 0 Å². The Morgan fingerprint density at radius 3 is 0.847 bits per heavy atom. The lowest BCUT2D eigenvalue weighted by molar-refractivity contribution is -0.138. The highest BCUT2D eigenvalue weighted by atomic mass is 16.5. The number of rotatable bonds is 32. The number of benzene rings is 4. The maximum Gasteiger partial charge on any atom is 0.330 e. The van der Waals surface area contributed by atoms with Crippen molar-refractivity contribution in [3.63, 3.8) is 0 Å². The fraction of sp³-hybridized carbons (Fsp3) is 0.516. The summed E-state index contributed by atoms with van der Waals surface area (Å²) in [7, 11) is 0. The second-order valence-corrected chi connectivity index (χ2v) is 19.1. The molecule has 1 aliphatic rings. The third-order valence-electron chi connectivity index (χ3n) is 13.0. The Bertz CT molecular complexity index is 2090. The van der Waals surface area contributed by atoms with E-state index in [9.17, 15) is 19.8 Å². The summed E-state index contributed by atoms with van der Waals surface area (Å²) in [5, 5.41) is 20.3. The second kappa shape index (κ2) is 31.8. The molecule has 0 amide bonds. The van der Waals surface area contributed by atoms with Crippen molar-refractivity contribution in [3.05, 3.63) is 141 Å². The van der Waals surface area contributed by atoms with Crippen LogP contribution in [-0.4, -0.2) is 75.0 Å². The van der Waals surface area contributed by atoms with Gasteiger partial charge in [-0.25, -0.2) is 9.59 Å². The molecule has 1 aliphatic carbocycles. The van der Waals surface area contributed by atoms with Crippen molar-refractivity contribution in [1.29, 1.82) is 0 Å². The normalized spacial score (nSPS) is 12.0. The largest absolute Gasteiger partial charge is 0.493 e. The van der Waals surface area contributed by atoms with Gasteiger partial charge in [-0.1, -0.05) is 115 Å². The third-order valence-corrected chi connectivity index (χ3v) is 13.0. The molecule has 5 rings (SSSR count). The Morgan fingerprint density at radius 1 is 0.403 bits per heavy atom. The van der Waals surface area contributed by atoms with E-state index < -0.39 is 11.9 Å². The van der Waals surface area contributed by atoms with Gasteiger partial charge in [0, 0.05) is 51.0 Å². The van der Waals surface area contributed by atoms with Crippen molar-refractivity contribution in [2.75, 3.05) is 52.9 Å². The first kappa shape index (κ1) is 57.3. The highest BCUT2D eigenvalue weighted by Gasteiger charge is 2.25. The zero-order valence-electron chi connectivity index (χ0n) is 44.1. The van der Waals surface area contributed by atoms with Crippen molar-refractivity contribution in [1.82, 2.24) is 0 Å². The Kier molecular flexibility index (Phi) is 25.3. The summed E-state index contributed by atoms with van der Waals surface area (Å²) in [6.07, 6.45) is 17.3. The van der Waals surface area contributed by atoms with Gasteiger partial charge in [-0.3, -0.25) is 0 Å². The van der Waals surface area contributed by atoms with E-state index in [1.54, 1.807) is 0 Å². The molecular weight excluding hydrogens is 905 g/mol. The van der Waals surface area contributed by atoms with E-state index in [1.165, 1.54) is 12.2 Å². The van der Waals surface area contributed by atoms with Crippen LogP contribution >= 0.6 is 0 Å². The number of aliphatic hydroxyl groups is 2. The lowest BCUT2D eigenvalue weighted by Gasteiger charge is -2.25. The molecule has 10 heteroatoms. The fourth-order valence-corrected chi connectivity index (χ4v) is 9.35. The van der Waals surface area contributed by atoms with E-state index in [-0.39, 0.29) is 26.4 Å². The van der Waals surface area contributed by atoms with E-state index in [0.29, 0.717) is 103 Å². The molecule has 72 heavy (non-hydrogen) atoms. The SMILES string of the molecule is C=CC(=O)OCCCc1cc2c(OCCCC)c(c1)Cc1cc(CCCO)cc(c1OCCCC)Cc1cc(CCCOC(=O)C=C)cc(c1OCCCC)Cc1cc(CCCO)cc(c1OCCCC)C2. The molecule has 0 fully saturated rings. The Morgan fingerprint density at radius 2 is 0.639 bits per heavy atom. The van der Waals surface area contributed by atoms with Crippen molar-refractivity contribution in [2.45, 2.75) is 156 Å². The molecule has 10 nitrogen and oxygen atoms in total. The van der Waals surface area contributed by atoms with E-state index >= 15 is 0 Å². The van der Waals surface area contributed by atoms with Gasteiger partial charge >= 0.3 is 11.9 Å². The minimum atomic E-state index is -0.433. The quantitative estimate of drug-likeness (QED) is 0.0244. The predicted octanol–water partition coefficient (Wildman–Crippen LogP) is 12.3. The maximum absolute atomic E-state index is 12.1. The number of carbonyl (C=O) groups excluding carboxylic acids is 2. The van der Waals surface area contributed by atoms with Gasteiger partial charge < -0.3 is 38.6 Å². The molecule has 0 saturated heterocycles. The summed E-state index contributed by atoms with van der Waals surface area (Å²) >= 11 is 0. The molecule has 0 radical (unpaired) electrons. The van der Waals surface area contributed by atoms with Crippen LogP contribution in [0.5, 0.6) is 23.0 Å². The van der Waals surface area contributed by atoms with Gasteiger partial charge in [-0.2, -0.15) is 0 Å². The van der Waals surface area contributed by atoms with Crippen LogP contribution in [0.1, 0.15) is 172 Å². The van der Waals surface area contributed by atoms with Crippen molar-refractivity contribution in [2.24, 2.45) is 0 Å². The van der Waals surface area contributed by atoms with E-state index in [1.807, 2.05) is 0 Å². The molecule has 392 valence electrons. The average Bonchev–Trinajstić information content (AvgIpc) is 3.37. The summed E-state index contributed by atoms with van der Waals surface area (Å²) in [5.41, 5.74) is 12.9. The Labute approximate surface area is 431 Å². The van der Waals surface area contributed by atoms with Gasteiger partial charge in [-0.05, 0) is 144 Å². The molecular formula is C62H84O10. The molecule has 0 unspecified atom stereocenters. The number of hydrogen-bond acceptors (Lipinski definition) is 10. The average molecular weight is 989 g/mol. The Balaban J connectivity index is 1.89. The van der Waals surface area contributed by atoms with Crippen LogP contribution in [0.3, 0.4) is 0 Å². The zero-order valence-corrected chi connectivity index (χ0v) is 44.1. The lowest BCUT2D eigenvalue weighted by Crippen LogP contribution is -2.12. The molecule has 4 aromatic rings. The lowest BCUT2D eigenvalue weighted by atomic mass is 9.87. The first-order chi connectivity index (χ1) is 35.2. The van der Waals surface area contributed by atoms with Crippen LogP contribution in [-0.2, 0) is 70.4 Å². The smallest absolute Gasteiger partial charge is 0.330 e. The maximum atomic E-state index is 12.1. The number of carbonyl (C=O) groups is 2. The fourth-order valence-electron chi connectivity index (χ4n) is 9.35. The highest BCUT2D eigenvalue weighted by Crippen LogP contribution is 2.41. The Hall–Kier alpha value is -5.58. The highest BCUT2D eigenvalue weighted by molar-refractivity contribution is 5.81. The van der Waals surface area contributed by atoms with Crippen LogP contribution in [0.2, 0.25) is 0 Å². The predicted molar refractivity (Wildman–Crippen MR) is 288 cm³/mol. The minimum absolute atomic E-state index is 0.0806.